The highest BCUT2D eigenvalue weighted by Crippen LogP contribution is 2.52. The van der Waals surface area contributed by atoms with Crippen molar-refractivity contribution >= 4 is 11.9 Å². The smallest absolute Gasteiger partial charge is 0.325 e. The molecule has 0 aromatic heterocycles. The molecule has 1 aliphatic heterocycles. The number of methoxy groups -OCH3 is 1. The van der Waals surface area contributed by atoms with E-state index >= 15 is 0 Å². The quantitative estimate of drug-likeness (QED) is 0.854. The first-order chi connectivity index (χ1) is 9.97. The summed E-state index contributed by atoms with van der Waals surface area (Å²) in [5, 5.41) is 9.73. The first-order valence-corrected chi connectivity index (χ1v) is 7.15. The molecular formula is C16H19NO4. The molecule has 3 rings (SSSR count). The summed E-state index contributed by atoms with van der Waals surface area (Å²) in [6.45, 7) is 2.27. The van der Waals surface area contributed by atoms with Gasteiger partial charge in [-0.3, -0.25) is 9.59 Å². The Balaban J connectivity index is 1.97. The van der Waals surface area contributed by atoms with Crippen LogP contribution in [0.25, 0.3) is 0 Å². The fraction of sp³-hybridized carbons (Fsp3) is 0.500. The molecule has 1 N–H and O–H groups in total. The number of aliphatic hydroxyl groups excluding tert-OH is 1. The highest BCUT2D eigenvalue weighted by atomic mass is 16.5. The zero-order valence-corrected chi connectivity index (χ0v) is 12.3. The van der Waals surface area contributed by atoms with Crippen molar-refractivity contribution in [1.29, 1.82) is 0 Å². The molecule has 5 nitrogen and oxygen atoms in total. The van der Waals surface area contributed by atoms with E-state index in [1.807, 2.05) is 6.07 Å². The number of ether oxygens (including phenoxy) is 1. The fourth-order valence-corrected chi connectivity index (χ4v) is 3.07. The minimum absolute atomic E-state index is 0.00528. The van der Waals surface area contributed by atoms with E-state index in [0.717, 1.165) is 24.0 Å². The Morgan fingerprint density at radius 2 is 2.19 bits per heavy atom. The van der Waals surface area contributed by atoms with Gasteiger partial charge in [0.1, 0.15) is 6.54 Å². The van der Waals surface area contributed by atoms with Gasteiger partial charge in [-0.25, -0.2) is 0 Å². The van der Waals surface area contributed by atoms with Crippen LogP contribution in [0.1, 0.15) is 47.4 Å². The molecule has 1 fully saturated rings. The third-order valence-corrected chi connectivity index (χ3v) is 4.51. The van der Waals surface area contributed by atoms with Crippen molar-refractivity contribution < 1.29 is 19.4 Å². The van der Waals surface area contributed by atoms with Crippen molar-refractivity contribution in [3.05, 3.63) is 34.9 Å². The summed E-state index contributed by atoms with van der Waals surface area (Å²) >= 11 is 0. The van der Waals surface area contributed by atoms with Crippen LogP contribution in [0.5, 0.6) is 0 Å². The zero-order valence-electron chi connectivity index (χ0n) is 12.3. The fourth-order valence-electron chi connectivity index (χ4n) is 3.07. The lowest BCUT2D eigenvalue weighted by Gasteiger charge is -2.34. The number of esters is 1. The van der Waals surface area contributed by atoms with E-state index in [9.17, 15) is 14.7 Å². The number of amides is 1. The molecule has 0 radical (unpaired) electrons. The lowest BCUT2D eigenvalue weighted by molar-refractivity contribution is -0.141. The van der Waals surface area contributed by atoms with Gasteiger partial charge in [0.25, 0.3) is 5.91 Å². The number of hydrogen-bond donors (Lipinski definition) is 1. The summed E-state index contributed by atoms with van der Waals surface area (Å²) in [5.74, 6) is -0.534. The van der Waals surface area contributed by atoms with Crippen LogP contribution in [0.2, 0.25) is 0 Å². The second kappa shape index (κ2) is 4.84. The Kier molecular flexibility index (Phi) is 3.24. The molecule has 1 spiro atoms. The van der Waals surface area contributed by atoms with Crippen LogP contribution < -0.4 is 0 Å². The molecule has 1 atom stereocenters. The van der Waals surface area contributed by atoms with Crippen LogP contribution in [0, 0.1) is 0 Å². The molecule has 2 aliphatic rings. The van der Waals surface area contributed by atoms with Crippen molar-refractivity contribution in [2.24, 2.45) is 0 Å². The van der Waals surface area contributed by atoms with E-state index < -0.39 is 12.1 Å². The third kappa shape index (κ3) is 2.31. The molecule has 1 unspecified atom stereocenters. The molecule has 5 heteroatoms. The molecule has 0 bridgehead atoms. The molecule has 1 amide bonds. The minimum Gasteiger partial charge on any atom is -0.468 e. The summed E-state index contributed by atoms with van der Waals surface area (Å²) in [4.78, 5) is 25.6. The van der Waals surface area contributed by atoms with Gasteiger partial charge in [0.15, 0.2) is 0 Å². The number of carbonyl (C=O) groups excluding carboxylic acids is 2. The Morgan fingerprint density at radius 1 is 1.48 bits per heavy atom. The number of hydrogen-bond acceptors (Lipinski definition) is 4. The number of aliphatic hydroxyl groups is 1. The molecule has 1 aromatic carbocycles. The maximum absolute atomic E-state index is 12.5. The van der Waals surface area contributed by atoms with Gasteiger partial charge in [-0.2, -0.15) is 0 Å². The number of fused-ring (bicyclic) bond motifs is 2. The highest BCUT2D eigenvalue weighted by molar-refractivity contribution is 5.99. The molecular weight excluding hydrogens is 270 g/mol. The van der Waals surface area contributed by atoms with Crippen molar-refractivity contribution in [3.63, 3.8) is 0 Å². The predicted molar refractivity (Wildman–Crippen MR) is 75.9 cm³/mol. The van der Waals surface area contributed by atoms with Crippen molar-refractivity contribution in [1.82, 2.24) is 4.90 Å². The number of carbonyl (C=O) groups is 2. The van der Waals surface area contributed by atoms with Crippen molar-refractivity contribution in [2.45, 2.75) is 31.3 Å². The summed E-state index contributed by atoms with van der Waals surface area (Å²) in [5.41, 5.74) is 2.45. The van der Waals surface area contributed by atoms with Crippen LogP contribution in [-0.4, -0.2) is 42.1 Å². The average Bonchev–Trinajstić information content (AvgIpc) is 3.24. The third-order valence-electron chi connectivity index (χ3n) is 4.51. The lowest BCUT2D eigenvalue weighted by atomic mass is 9.84. The Labute approximate surface area is 123 Å². The number of nitrogens with zero attached hydrogens (tertiary/aromatic N) is 1. The van der Waals surface area contributed by atoms with E-state index in [4.69, 9.17) is 0 Å². The summed E-state index contributed by atoms with van der Waals surface area (Å²) in [6, 6.07) is 5.49. The Morgan fingerprint density at radius 3 is 2.76 bits per heavy atom. The number of benzene rings is 1. The van der Waals surface area contributed by atoms with Crippen molar-refractivity contribution in [2.75, 3.05) is 20.2 Å². The first kappa shape index (κ1) is 14.1. The summed E-state index contributed by atoms with van der Waals surface area (Å²) in [7, 11) is 1.33. The molecule has 1 aromatic rings. The van der Waals surface area contributed by atoms with Gasteiger partial charge in [0, 0.05) is 17.5 Å². The van der Waals surface area contributed by atoms with E-state index in [2.05, 4.69) is 4.74 Å². The molecule has 1 heterocycles. The molecule has 1 saturated carbocycles. The van der Waals surface area contributed by atoms with Crippen LogP contribution in [0.15, 0.2) is 18.2 Å². The summed E-state index contributed by atoms with van der Waals surface area (Å²) in [6.07, 6.45) is 1.47. The summed E-state index contributed by atoms with van der Waals surface area (Å²) < 4.78 is 4.66. The first-order valence-electron chi connectivity index (χ1n) is 7.15. The average molecular weight is 289 g/mol. The highest BCUT2D eigenvalue weighted by Gasteiger charge is 2.51. The van der Waals surface area contributed by atoms with Crippen LogP contribution in [-0.2, 0) is 14.9 Å². The minimum atomic E-state index is -0.547. The van der Waals surface area contributed by atoms with Gasteiger partial charge in [0.05, 0.1) is 13.2 Å². The Bertz CT molecular complexity index is 604. The van der Waals surface area contributed by atoms with Gasteiger partial charge in [-0.1, -0.05) is 12.1 Å². The standard InChI is InChI=1S/C16H19NO4/c1-10(18)11-3-4-12-13(7-11)16(5-6-16)9-17(15(12)20)8-14(19)21-2/h3-4,7,10,18H,5-6,8-9H2,1-2H3. The van der Waals surface area contributed by atoms with Crippen LogP contribution in [0.4, 0.5) is 0 Å². The van der Waals surface area contributed by atoms with Gasteiger partial charge in [-0.15, -0.1) is 0 Å². The van der Waals surface area contributed by atoms with E-state index in [-0.39, 0.29) is 17.9 Å². The lowest BCUT2D eigenvalue weighted by Crippen LogP contribution is -2.46. The second-order valence-corrected chi connectivity index (χ2v) is 6.00. The zero-order chi connectivity index (χ0) is 15.2. The SMILES string of the molecule is COC(=O)CN1CC2(CC2)c2cc(C(C)O)ccc2C1=O. The largest absolute Gasteiger partial charge is 0.468 e. The van der Waals surface area contributed by atoms with Gasteiger partial charge >= 0.3 is 5.97 Å². The molecule has 1 aliphatic carbocycles. The molecule has 112 valence electrons. The predicted octanol–water partition coefficient (Wildman–Crippen LogP) is 1.40. The normalized spacial score (nSPS) is 20.1. The molecule has 0 saturated heterocycles. The molecule has 21 heavy (non-hydrogen) atoms. The second-order valence-electron chi connectivity index (χ2n) is 6.00. The van der Waals surface area contributed by atoms with Crippen molar-refractivity contribution in [3.8, 4) is 0 Å². The maximum atomic E-state index is 12.5. The maximum Gasteiger partial charge on any atom is 0.325 e. The van der Waals surface area contributed by atoms with E-state index in [1.54, 1.807) is 24.0 Å². The topological polar surface area (TPSA) is 66.8 Å². The Hall–Kier alpha value is -1.88. The van der Waals surface area contributed by atoms with Gasteiger partial charge in [0.2, 0.25) is 0 Å². The van der Waals surface area contributed by atoms with Gasteiger partial charge < -0.3 is 14.7 Å². The monoisotopic (exact) mass is 289 g/mol. The van der Waals surface area contributed by atoms with Crippen LogP contribution in [0.3, 0.4) is 0 Å². The van der Waals surface area contributed by atoms with Crippen LogP contribution >= 0.6 is 0 Å². The van der Waals surface area contributed by atoms with Gasteiger partial charge in [-0.05, 0) is 37.0 Å². The van der Waals surface area contributed by atoms with E-state index in [0.29, 0.717) is 12.1 Å². The van der Waals surface area contributed by atoms with E-state index in [1.165, 1.54) is 7.11 Å². The number of rotatable bonds is 3.